The number of anilines is 1. The van der Waals surface area contributed by atoms with Crippen molar-refractivity contribution < 1.29 is 44.0 Å². The number of hydrogen-bond donors (Lipinski definition) is 3. The van der Waals surface area contributed by atoms with Crippen molar-refractivity contribution in [3.63, 3.8) is 0 Å². The average molecular weight is 620 g/mol. The maximum atomic E-state index is 13.9. The molecule has 0 radical (unpaired) electrons. The van der Waals surface area contributed by atoms with Crippen LogP contribution in [0.2, 0.25) is 0 Å². The molecule has 10 nitrogen and oxygen atoms in total. The fourth-order valence-electron chi connectivity index (χ4n) is 6.55. The van der Waals surface area contributed by atoms with Gasteiger partial charge in [-0.2, -0.15) is 0 Å². The number of Topliss-reactive ketones (excluding diaryl/α,β-unsaturated/α-hetero) is 1. The molecule has 0 aromatic heterocycles. The number of allylic oxidation sites excluding steroid dienone is 6. The van der Waals surface area contributed by atoms with Gasteiger partial charge in [-0.25, -0.2) is 9.69 Å². The van der Waals surface area contributed by atoms with Crippen LogP contribution in [0.25, 0.3) is 0 Å². The molecule has 3 aliphatic carbocycles. The van der Waals surface area contributed by atoms with Crippen LogP contribution >= 0.6 is 15.9 Å². The summed E-state index contributed by atoms with van der Waals surface area (Å²) in [6.07, 6.45) is 3.22. The Hall–Kier alpha value is -4.51. The minimum atomic E-state index is -1.36. The molecule has 208 valence electrons. The lowest BCUT2D eigenvalue weighted by atomic mass is 9.59. The van der Waals surface area contributed by atoms with E-state index in [0.29, 0.717) is 16.9 Å². The second kappa shape index (κ2) is 9.55. The van der Waals surface area contributed by atoms with E-state index in [2.05, 4.69) is 15.9 Å². The van der Waals surface area contributed by atoms with E-state index in [0.717, 1.165) is 17.0 Å². The number of aromatic hydroxyl groups is 2. The number of carboxylic acids is 1. The summed E-state index contributed by atoms with van der Waals surface area (Å²) < 4.78 is 5.44. The minimum Gasteiger partial charge on any atom is -0.508 e. The molecule has 0 bridgehead atoms. The zero-order valence-corrected chi connectivity index (χ0v) is 23.0. The number of ketones is 2. The van der Waals surface area contributed by atoms with Crippen molar-refractivity contribution in [2.75, 3.05) is 12.0 Å². The molecule has 0 saturated carbocycles. The Morgan fingerprint density at radius 1 is 1.00 bits per heavy atom. The summed E-state index contributed by atoms with van der Waals surface area (Å²) in [5.41, 5.74) is 1.06. The molecule has 3 N–H and O–H groups in total. The lowest BCUT2D eigenvalue weighted by Gasteiger charge is -2.42. The topological polar surface area (TPSA) is 159 Å². The number of ether oxygens (including phenoxy) is 1. The van der Waals surface area contributed by atoms with Crippen molar-refractivity contribution in [2.45, 2.75) is 18.8 Å². The van der Waals surface area contributed by atoms with Crippen LogP contribution in [0.3, 0.4) is 0 Å². The highest BCUT2D eigenvalue weighted by Crippen LogP contribution is 2.56. The number of halogens is 1. The Kier molecular flexibility index (Phi) is 6.22. The number of carboxylic acid groups (broad SMARTS) is 1. The van der Waals surface area contributed by atoms with E-state index in [-0.39, 0.29) is 45.5 Å². The van der Waals surface area contributed by atoms with Crippen LogP contribution in [0.4, 0.5) is 5.69 Å². The third kappa shape index (κ3) is 3.94. The monoisotopic (exact) mass is 619 g/mol. The van der Waals surface area contributed by atoms with Gasteiger partial charge in [0.2, 0.25) is 11.8 Å². The van der Waals surface area contributed by atoms with Crippen LogP contribution in [0.5, 0.6) is 17.2 Å². The molecular weight excluding hydrogens is 598 g/mol. The van der Waals surface area contributed by atoms with Crippen LogP contribution in [-0.4, -0.2) is 51.8 Å². The van der Waals surface area contributed by atoms with E-state index < -0.39 is 58.8 Å². The van der Waals surface area contributed by atoms with E-state index >= 15 is 0 Å². The highest BCUT2D eigenvalue weighted by molar-refractivity contribution is 9.12. The van der Waals surface area contributed by atoms with Gasteiger partial charge in [-0.1, -0.05) is 11.6 Å². The molecule has 0 spiro atoms. The van der Waals surface area contributed by atoms with E-state index in [1.54, 1.807) is 12.1 Å². The highest BCUT2D eigenvalue weighted by atomic mass is 79.9. The van der Waals surface area contributed by atoms with Gasteiger partial charge in [0, 0.05) is 34.8 Å². The summed E-state index contributed by atoms with van der Waals surface area (Å²) in [7, 11) is 1.46. The van der Waals surface area contributed by atoms with Crippen molar-refractivity contribution in [2.24, 2.45) is 17.8 Å². The molecule has 2 aromatic carbocycles. The molecular formula is C30H22BrNO9. The molecule has 1 heterocycles. The molecule has 6 rings (SSSR count). The summed E-state index contributed by atoms with van der Waals surface area (Å²) in [6.45, 7) is 0. The van der Waals surface area contributed by atoms with E-state index in [1.807, 2.05) is 6.08 Å². The first-order valence-corrected chi connectivity index (χ1v) is 13.5. The first-order valence-electron chi connectivity index (χ1n) is 12.7. The third-order valence-corrected chi connectivity index (χ3v) is 8.94. The number of rotatable bonds is 4. The second-order valence-corrected chi connectivity index (χ2v) is 11.2. The lowest BCUT2D eigenvalue weighted by molar-refractivity contribution is -0.123. The van der Waals surface area contributed by atoms with Gasteiger partial charge in [-0.3, -0.25) is 19.2 Å². The Labute approximate surface area is 241 Å². The molecule has 4 aliphatic rings. The van der Waals surface area contributed by atoms with Gasteiger partial charge in [-0.15, -0.1) is 0 Å². The Balaban J connectivity index is 1.48. The van der Waals surface area contributed by atoms with Gasteiger partial charge >= 0.3 is 5.97 Å². The number of phenolic OH excluding ortho intramolecular Hbond substituents is 1. The van der Waals surface area contributed by atoms with Crippen molar-refractivity contribution in [1.29, 1.82) is 0 Å². The maximum Gasteiger partial charge on any atom is 0.339 e. The molecule has 1 saturated heterocycles. The largest absolute Gasteiger partial charge is 0.508 e. The molecule has 2 aromatic rings. The summed E-state index contributed by atoms with van der Waals surface area (Å²) in [5, 5.41) is 30.4. The SMILES string of the molecule is COc1ccc(O)c(C2C3=CCC4C(=O)N(c5ccc(C(=O)O)c(O)c5)C(=O)C4C3CC3=C2C(=O)C=C(Br)C3=O)c1. The molecule has 11 heteroatoms. The van der Waals surface area contributed by atoms with Gasteiger partial charge in [0.15, 0.2) is 11.6 Å². The van der Waals surface area contributed by atoms with Gasteiger partial charge in [0.05, 0.1) is 29.1 Å². The number of nitrogens with zero attached hydrogens (tertiary/aromatic N) is 1. The summed E-state index contributed by atoms with van der Waals surface area (Å²) in [4.78, 5) is 66.5. The van der Waals surface area contributed by atoms with Crippen LogP contribution in [0.15, 0.2) is 69.8 Å². The molecule has 4 unspecified atom stereocenters. The Bertz CT molecular complexity index is 1700. The van der Waals surface area contributed by atoms with E-state index in [1.165, 1.54) is 25.3 Å². The van der Waals surface area contributed by atoms with E-state index in [4.69, 9.17) is 4.74 Å². The number of methoxy groups -OCH3 is 1. The number of fused-ring (bicyclic) bond motifs is 3. The van der Waals surface area contributed by atoms with Crippen molar-refractivity contribution in [1.82, 2.24) is 0 Å². The van der Waals surface area contributed by atoms with Crippen LogP contribution in [0.1, 0.15) is 34.7 Å². The summed E-state index contributed by atoms with van der Waals surface area (Å²) in [5.74, 6) is -6.68. The number of benzene rings is 2. The number of carbonyl (C=O) groups is 5. The highest BCUT2D eigenvalue weighted by Gasteiger charge is 2.57. The molecule has 4 atom stereocenters. The number of hydrogen-bond acceptors (Lipinski definition) is 8. The Morgan fingerprint density at radius 3 is 2.44 bits per heavy atom. The number of aromatic carboxylic acids is 1. The standard InChI is InChI=1S/C30H22BrNO9/c1-41-13-3-7-21(33)18(9-13)24-14-5-6-16-25(17(14)10-19-26(24)23(35)11-20(31)27(19)36)29(38)32(28(16)37)12-2-4-15(30(39)40)22(34)8-12/h2-5,7-9,11,16-17,24-25,33-34H,6,10H2,1H3,(H,39,40). The fraction of sp³-hybridized carbons (Fsp3) is 0.233. The number of amides is 2. The molecule has 41 heavy (non-hydrogen) atoms. The average Bonchev–Trinajstić information content (AvgIpc) is 3.20. The van der Waals surface area contributed by atoms with Gasteiger partial charge < -0.3 is 20.1 Å². The summed E-state index contributed by atoms with van der Waals surface area (Å²) >= 11 is 3.18. The maximum absolute atomic E-state index is 13.9. The predicted octanol–water partition coefficient (Wildman–Crippen LogP) is 3.77. The van der Waals surface area contributed by atoms with Crippen molar-refractivity contribution in [3.05, 3.63) is 80.9 Å². The number of carbonyl (C=O) groups excluding carboxylic acids is 4. The minimum absolute atomic E-state index is 0.0331. The van der Waals surface area contributed by atoms with Gasteiger partial charge in [-0.05, 0) is 65.0 Å². The number of imide groups is 1. The zero-order valence-electron chi connectivity index (χ0n) is 21.5. The fourth-order valence-corrected chi connectivity index (χ4v) is 6.99. The zero-order chi connectivity index (χ0) is 29.3. The smallest absolute Gasteiger partial charge is 0.339 e. The molecule has 2 amide bonds. The second-order valence-electron chi connectivity index (χ2n) is 10.3. The van der Waals surface area contributed by atoms with E-state index in [9.17, 15) is 39.3 Å². The first-order chi connectivity index (χ1) is 19.5. The summed E-state index contributed by atoms with van der Waals surface area (Å²) in [6, 6.07) is 8.06. The Morgan fingerprint density at radius 2 is 1.76 bits per heavy atom. The van der Waals surface area contributed by atoms with Crippen molar-refractivity contribution in [3.8, 4) is 17.2 Å². The van der Waals surface area contributed by atoms with Gasteiger partial charge in [0.1, 0.15) is 22.8 Å². The van der Waals surface area contributed by atoms with Crippen LogP contribution in [0, 0.1) is 17.8 Å². The molecule has 1 aliphatic heterocycles. The number of phenols is 2. The van der Waals surface area contributed by atoms with Gasteiger partial charge in [0.25, 0.3) is 0 Å². The third-order valence-electron chi connectivity index (χ3n) is 8.35. The normalized spacial score (nSPS) is 25.4. The van der Waals surface area contributed by atoms with Crippen LogP contribution < -0.4 is 9.64 Å². The first kappa shape index (κ1) is 26.7. The van der Waals surface area contributed by atoms with Crippen LogP contribution in [-0.2, 0) is 19.2 Å². The van der Waals surface area contributed by atoms with Crippen molar-refractivity contribution >= 4 is 51.0 Å². The predicted molar refractivity (Wildman–Crippen MR) is 147 cm³/mol. The molecule has 1 fully saturated rings. The lowest BCUT2D eigenvalue weighted by Crippen LogP contribution is -2.39. The quantitative estimate of drug-likeness (QED) is 0.263.